The van der Waals surface area contributed by atoms with E-state index in [4.69, 9.17) is 0 Å². The fraction of sp³-hybridized carbons (Fsp3) is 0.300. The first-order chi connectivity index (χ1) is 5.16. The van der Waals surface area contributed by atoms with E-state index in [1.807, 2.05) is 18.2 Å². The molecule has 1 nitrogen and oxygen atoms in total. The summed E-state index contributed by atoms with van der Waals surface area (Å²) in [5.41, 5.74) is 0.00958. The van der Waals surface area contributed by atoms with E-state index < -0.39 is 0 Å². The third-order valence-electron chi connectivity index (χ3n) is 1.84. The van der Waals surface area contributed by atoms with Gasteiger partial charge in [0.2, 0.25) is 0 Å². The van der Waals surface area contributed by atoms with Gasteiger partial charge in [0.1, 0.15) is 0 Å². The fourth-order valence-electron chi connectivity index (χ4n) is 1.10. The van der Waals surface area contributed by atoms with Gasteiger partial charge in [-0.2, -0.15) is 0 Å². The quantitative estimate of drug-likeness (QED) is 0.549. The Morgan fingerprint density at radius 1 is 1.55 bits per heavy atom. The lowest BCUT2D eigenvalue weighted by Crippen LogP contribution is -2.12. The Morgan fingerprint density at radius 3 is 2.55 bits per heavy atom. The highest BCUT2D eigenvalue weighted by atomic mass is 16.1. The molecule has 0 aliphatic heterocycles. The summed E-state index contributed by atoms with van der Waals surface area (Å²) in [6, 6.07) is 0. The molecule has 0 saturated carbocycles. The molecule has 0 fully saturated rings. The van der Waals surface area contributed by atoms with Gasteiger partial charge < -0.3 is 0 Å². The minimum absolute atomic E-state index is 0.00958. The predicted octanol–water partition coefficient (Wildman–Crippen LogP) is 2.26. The smallest absolute Gasteiger partial charge is 0.178 e. The van der Waals surface area contributed by atoms with E-state index in [9.17, 15) is 4.79 Å². The molecule has 1 aliphatic carbocycles. The number of hydrogen-bond acceptors (Lipinski definition) is 1. The third-order valence-corrected chi connectivity index (χ3v) is 1.84. The zero-order valence-corrected chi connectivity index (χ0v) is 6.71. The largest absolute Gasteiger partial charge is 0.290 e. The van der Waals surface area contributed by atoms with Gasteiger partial charge in [0.05, 0.1) is 0 Å². The van der Waals surface area contributed by atoms with Gasteiger partial charge in [-0.15, -0.1) is 6.58 Å². The lowest BCUT2D eigenvalue weighted by molar-refractivity contribution is -0.110. The second-order valence-electron chi connectivity index (χ2n) is 3.07. The number of ketones is 1. The highest BCUT2D eigenvalue weighted by Crippen LogP contribution is 2.27. The van der Waals surface area contributed by atoms with Crippen LogP contribution in [0.4, 0.5) is 0 Å². The summed E-state index contributed by atoms with van der Waals surface area (Å²) in [7, 11) is 0. The second-order valence-corrected chi connectivity index (χ2v) is 3.07. The van der Waals surface area contributed by atoms with E-state index in [0.29, 0.717) is 0 Å². The van der Waals surface area contributed by atoms with Crippen LogP contribution in [0.5, 0.6) is 0 Å². The third kappa shape index (κ3) is 1.90. The summed E-state index contributed by atoms with van der Waals surface area (Å²) in [6.45, 7) is 5.74. The first-order valence-corrected chi connectivity index (χ1v) is 3.70. The molecule has 0 amide bonds. The molecular weight excluding hydrogens is 136 g/mol. The van der Waals surface area contributed by atoms with Crippen LogP contribution < -0.4 is 0 Å². The van der Waals surface area contributed by atoms with Crippen molar-refractivity contribution in [1.82, 2.24) is 0 Å². The van der Waals surface area contributed by atoms with Crippen molar-refractivity contribution in [3.8, 4) is 0 Å². The number of carbonyl (C=O) groups excluding carboxylic acids is 1. The predicted molar refractivity (Wildman–Crippen MR) is 46.2 cm³/mol. The van der Waals surface area contributed by atoms with Crippen LogP contribution in [-0.2, 0) is 4.79 Å². The first-order valence-electron chi connectivity index (χ1n) is 3.70. The molecule has 0 saturated heterocycles. The molecule has 0 N–H and O–H groups in total. The zero-order valence-electron chi connectivity index (χ0n) is 6.71. The Morgan fingerprint density at radius 2 is 2.09 bits per heavy atom. The van der Waals surface area contributed by atoms with Crippen LogP contribution in [-0.4, -0.2) is 5.78 Å². The van der Waals surface area contributed by atoms with Crippen LogP contribution in [0, 0.1) is 5.41 Å². The molecule has 0 aromatic rings. The van der Waals surface area contributed by atoms with E-state index in [-0.39, 0.29) is 11.2 Å². The average molecular weight is 148 g/mol. The molecule has 11 heavy (non-hydrogen) atoms. The zero-order chi connectivity index (χ0) is 8.32. The van der Waals surface area contributed by atoms with E-state index >= 15 is 0 Å². The van der Waals surface area contributed by atoms with Gasteiger partial charge in [-0.1, -0.05) is 25.2 Å². The summed E-state index contributed by atoms with van der Waals surface area (Å²) in [5, 5.41) is 0. The van der Waals surface area contributed by atoms with E-state index in [1.54, 1.807) is 12.2 Å². The Balaban J connectivity index is 2.75. The van der Waals surface area contributed by atoms with Crippen molar-refractivity contribution in [2.24, 2.45) is 5.41 Å². The second kappa shape index (κ2) is 2.87. The molecule has 0 spiro atoms. The number of carbonyl (C=O) groups is 1. The van der Waals surface area contributed by atoms with E-state index in [2.05, 4.69) is 13.5 Å². The summed E-state index contributed by atoms with van der Waals surface area (Å²) in [5.74, 6) is 0.0755. The SMILES string of the molecule is C=CCC1(C)C=CC(=O)C=C1. The highest BCUT2D eigenvalue weighted by Gasteiger charge is 2.18. The van der Waals surface area contributed by atoms with Crippen molar-refractivity contribution < 1.29 is 4.79 Å². The Bertz CT molecular complexity index is 217. The van der Waals surface area contributed by atoms with Crippen molar-refractivity contribution in [2.45, 2.75) is 13.3 Å². The molecule has 0 aromatic heterocycles. The molecule has 0 unspecified atom stereocenters. The van der Waals surface area contributed by atoms with Crippen LogP contribution in [0.25, 0.3) is 0 Å². The normalized spacial score (nSPS) is 20.3. The molecule has 1 aliphatic rings. The standard InChI is InChI=1S/C10H12O/c1-3-6-10(2)7-4-9(11)5-8-10/h3-5,7-8H,1,6H2,2H3. The topological polar surface area (TPSA) is 17.1 Å². The summed E-state index contributed by atoms with van der Waals surface area (Å²) < 4.78 is 0. The molecule has 1 rings (SSSR count). The van der Waals surface area contributed by atoms with Crippen molar-refractivity contribution in [2.75, 3.05) is 0 Å². The van der Waals surface area contributed by atoms with E-state index in [0.717, 1.165) is 6.42 Å². The van der Waals surface area contributed by atoms with Crippen LogP contribution in [0.1, 0.15) is 13.3 Å². The summed E-state index contributed by atoms with van der Waals surface area (Å²) in [6.07, 6.45) is 9.83. The Labute approximate surface area is 67.1 Å². The van der Waals surface area contributed by atoms with Crippen LogP contribution in [0.2, 0.25) is 0 Å². The lowest BCUT2D eigenvalue weighted by atomic mass is 9.83. The average Bonchev–Trinajstić information content (AvgIpc) is 1.97. The maximum atomic E-state index is 10.8. The minimum atomic E-state index is 0.00958. The lowest BCUT2D eigenvalue weighted by Gasteiger charge is -2.21. The molecule has 1 heteroatoms. The fourth-order valence-corrected chi connectivity index (χ4v) is 1.10. The molecule has 0 radical (unpaired) electrons. The van der Waals surface area contributed by atoms with Crippen molar-refractivity contribution in [3.63, 3.8) is 0 Å². The molecule has 58 valence electrons. The van der Waals surface area contributed by atoms with Gasteiger partial charge >= 0.3 is 0 Å². The van der Waals surface area contributed by atoms with Crippen molar-refractivity contribution >= 4 is 5.78 Å². The van der Waals surface area contributed by atoms with Crippen LogP contribution >= 0.6 is 0 Å². The Hall–Kier alpha value is -1.11. The number of allylic oxidation sites excluding steroid dienone is 5. The van der Waals surface area contributed by atoms with Crippen LogP contribution in [0.3, 0.4) is 0 Å². The van der Waals surface area contributed by atoms with Crippen molar-refractivity contribution in [1.29, 1.82) is 0 Å². The Kier molecular flexibility index (Phi) is 2.08. The van der Waals surface area contributed by atoms with Crippen molar-refractivity contribution in [3.05, 3.63) is 37.0 Å². The number of hydrogen-bond donors (Lipinski definition) is 0. The van der Waals surface area contributed by atoms with E-state index in [1.165, 1.54) is 0 Å². The van der Waals surface area contributed by atoms with Gasteiger partial charge in [-0.3, -0.25) is 4.79 Å². The summed E-state index contributed by atoms with van der Waals surface area (Å²) in [4.78, 5) is 10.8. The maximum absolute atomic E-state index is 10.8. The molecule has 0 aromatic carbocycles. The van der Waals surface area contributed by atoms with Gasteiger partial charge in [0.25, 0.3) is 0 Å². The van der Waals surface area contributed by atoms with Gasteiger partial charge in [0, 0.05) is 5.41 Å². The first kappa shape index (κ1) is 7.99. The maximum Gasteiger partial charge on any atom is 0.178 e. The molecular formula is C10H12O. The molecule has 0 heterocycles. The highest BCUT2D eigenvalue weighted by molar-refractivity contribution is 6.00. The van der Waals surface area contributed by atoms with Gasteiger partial charge in [-0.05, 0) is 18.6 Å². The van der Waals surface area contributed by atoms with Gasteiger partial charge in [-0.25, -0.2) is 0 Å². The molecule has 0 bridgehead atoms. The van der Waals surface area contributed by atoms with Gasteiger partial charge in [0.15, 0.2) is 5.78 Å². The molecule has 0 atom stereocenters. The summed E-state index contributed by atoms with van der Waals surface area (Å²) >= 11 is 0. The minimum Gasteiger partial charge on any atom is -0.290 e. The number of rotatable bonds is 2. The monoisotopic (exact) mass is 148 g/mol. The van der Waals surface area contributed by atoms with Crippen LogP contribution in [0.15, 0.2) is 37.0 Å².